The van der Waals surface area contributed by atoms with Crippen LogP contribution in [0.1, 0.15) is 57.4 Å². The molecule has 30 heavy (non-hydrogen) atoms. The van der Waals surface area contributed by atoms with Gasteiger partial charge >= 0.3 is 0 Å². The van der Waals surface area contributed by atoms with Crippen LogP contribution in [0.15, 0.2) is 30.3 Å². The van der Waals surface area contributed by atoms with Crippen LogP contribution in [0.5, 0.6) is 5.75 Å². The van der Waals surface area contributed by atoms with E-state index in [1.807, 2.05) is 6.92 Å². The first-order valence-electron chi connectivity index (χ1n) is 10.7. The molecule has 1 aliphatic rings. The van der Waals surface area contributed by atoms with Crippen molar-refractivity contribution in [3.63, 3.8) is 0 Å². The normalized spacial score (nSPS) is 19.1. The Bertz CT molecular complexity index is 833. The summed E-state index contributed by atoms with van der Waals surface area (Å²) in [5.41, 5.74) is 0.815. The summed E-state index contributed by atoms with van der Waals surface area (Å²) in [6.07, 6.45) is 3.95. The predicted octanol–water partition coefficient (Wildman–Crippen LogP) is 6.60. The fourth-order valence-electron chi connectivity index (χ4n) is 3.72. The number of hydrogen-bond donors (Lipinski definition) is 0. The fraction of sp³-hybridized carbons (Fsp3) is 0.500. The zero-order chi connectivity index (χ0) is 21.5. The average molecular weight is 422 g/mol. The molecule has 2 aromatic carbocycles. The van der Waals surface area contributed by atoms with Gasteiger partial charge in [0, 0.05) is 18.1 Å². The van der Waals surface area contributed by atoms with Gasteiger partial charge in [-0.3, -0.25) is 0 Å². The molecule has 0 saturated carbocycles. The highest BCUT2D eigenvalue weighted by Gasteiger charge is 2.25. The lowest BCUT2D eigenvalue weighted by Gasteiger charge is -2.29. The van der Waals surface area contributed by atoms with Crippen molar-refractivity contribution < 1.29 is 27.4 Å². The topological polar surface area (TPSA) is 27.7 Å². The highest BCUT2D eigenvalue weighted by Crippen LogP contribution is 2.34. The average Bonchev–Trinajstić information content (AvgIpc) is 2.75. The summed E-state index contributed by atoms with van der Waals surface area (Å²) in [6, 6.07) is 7.33. The van der Waals surface area contributed by atoms with Gasteiger partial charge in [0.1, 0.15) is 5.82 Å². The highest BCUT2D eigenvalue weighted by atomic mass is 19.2. The second-order valence-corrected chi connectivity index (χ2v) is 7.52. The van der Waals surface area contributed by atoms with Crippen molar-refractivity contribution in [1.29, 1.82) is 0 Å². The van der Waals surface area contributed by atoms with E-state index >= 15 is 0 Å². The Hall–Kier alpha value is -2.05. The van der Waals surface area contributed by atoms with Gasteiger partial charge in [-0.15, -0.1) is 0 Å². The first-order valence-corrected chi connectivity index (χ1v) is 10.7. The van der Waals surface area contributed by atoms with Crippen molar-refractivity contribution in [2.75, 3.05) is 19.8 Å². The molecule has 0 bridgehead atoms. The Labute approximate surface area is 176 Å². The van der Waals surface area contributed by atoms with E-state index in [-0.39, 0.29) is 29.1 Å². The molecular formula is C24H29F3O3. The number of hydrogen-bond acceptors (Lipinski definition) is 3. The zero-order valence-corrected chi connectivity index (χ0v) is 17.6. The van der Waals surface area contributed by atoms with Crippen LogP contribution >= 0.6 is 0 Å². The monoisotopic (exact) mass is 422 g/mol. The van der Waals surface area contributed by atoms with Gasteiger partial charge < -0.3 is 14.2 Å². The van der Waals surface area contributed by atoms with Crippen LogP contribution < -0.4 is 4.74 Å². The van der Waals surface area contributed by atoms with Crippen LogP contribution in [-0.2, 0) is 9.47 Å². The van der Waals surface area contributed by atoms with E-state index in [1.54, 1.807) is 12.1 Å². The molecule has 0 aromatic heterocycles. The van der Waals surface area contributed by atoms with E-state index in [0.29, 0.717) is 31.8 Å². The maximum atomic E-state index is 14.8. The molecule has 3 nitrogen and oxygen atoms in total. The molecule has 0 amide bonds. The van der Waals surface area contributed by atoms with Crippen molar-refractivity contribution in [1.82, 2.24) is 0 Å². The Morgan fingerprint density at radius 2 is 1.83 bits per heavy atom. The van der Waals surface area contributed by atoms with E-state index in [1.165, 1.54) is 18.2 Å². The molecule has 0 N–H and O–H groups in total. The van der Waals surface area contributed by atoms with Crippen LogP contribution in [0.4, 0.5) is 13.2 Å². The summed E-state index contributed by atoms with van der Waals surface area (Å²) >= 11 is 0. The van der Waals surface area contributed by atoms with Crippen LogP contribution in [0.25, 0.3) is 11.1 Å². The first-order chi connectivity index (χ1) is 14.5. The molecule has 6 heteroatoms. The SMILES string of the molecule is CCCCCOc1ccc(-c2ccc(C3CCC(OCC)OC3)c(F)c2)c(F)c1F. The molecule has 1 saturated heterocycles. The Morgan fingerprint density at radius 3 is 2.50 bits per heavy atom. The summed E-state index contributed by atoms with van der Waals surface area (Å²) in [5.74, 6) is -2.73. The predicted molar refractivity (Wildman–Crippen MR) is 110 cm³/mol. The Morgan fingerprint density at radius 1 is 1.00 bits per heavy atom. The van der Waals surface area contributed by atoms with Crippen molar-refractivity contribution in [2.45, 2.75) is 58.2 Å². The van der Waals surface area contributed by atoms with Crippen molar-refractivity contribution >= 4 is 0 Å². The standard InChI is InChI=1S/C24H29F3O3/c1-3-5-6-13-29-21-11-10-19(23(26)24(21)27)16-7-9-18(20(25)14-16)17-8-12-22(28-4-2)30-15-17/h7,9-11,14,17,22H,3-6,8,12-13,15H2,1-2H3. The number of rotatable bonds is 9. The van der Waals surface area contributed by atoms with E-state index in [9.17, 15) is 13.2 Å². The summed E-state index contributed by atoms with van der Waals surface area (Å²) in [4.78, 5) is 0. The highest BCUT2D eigenvalue weighted by molar-refractivity contribution is 5.66. The van der Waals surface area contributed by atoms with Crippen molar-refractivity contribution in [2.24, 2.45) is 0 Å². The summed E-state index contributed by atoms with van der Waals surface area (Å²) in [5, 5.41) is 0. The third-order valence-electron chi connectivity index (χ3n) is 5.39. The number of halogens is 3. The maximum absolute atomic E-state index is 14.8. The van der Waals surface area contributed by atoms with Crippen LogP contribution in [0.2, 0.25) is 0 Å². The molecule has 1 fully saturated rings. The van der Waals surface area contributed by atoms with Crippen molar-refractivity contribution in [3.8, 4) is 16.9 Å². The van der Waals surface area contributed by atoms with E-state index < -0.39 is 17.5 Å². The van der Waals surface area contributed by atoms with Gasteiger partial charge in [-0.2, -0.15) is 4.39 Å². The van der Waals surface area contributed by atoms with Crippen LogP contribution in [0.3, 0.4) is 0 Å². The van der Waals surface area contributed by atoms with E-state index in [2.05, 4.69) is 6.92 Å². The molecule has 1 aliphatic heterocycles. The number of benzene rings is 2. The molecule has 2 atom stereocenters. The largest absolute Gasteiger partial charge is 0.490 e. The number of unbranched alkanes of at least 4 members (excludes halogenated alkanes) is 2. The van der Waals surface area contributed by atoms with Gasteiger partial charge in [0.15, 0.2) is 17.9 Å². The van der Waals surface area contributed by atoms with Gasteiger partial charge in [-0.1, -0.05) is 31.9 Å². The summed E-state index contributed by atoms with van der Waals surface area (Å²) < 4.78 is 60.2. The third-order valence-corrected chi connectivity index (χ3v) is 5.39. The molecule has 0 spiro atoms. The lowest BCUT2D eigenvalue weighted by atomic mass is 9.91. The Balaban J connectivity index is 1.72. The molecule has 0 aliphatic carbocycles. The van der Waals surface area contributed by atoms with Crippen LogP contribution in [-0.4, -0.2) is 26.1 Å². The molecule has 0 radical (unpaired) electrons. The molecule has 164 valence electrons. The minimum absolute atomic E-state index is 0.00941. The second kappa shape index (κ2) is 10.8. The first kappa shape index (κ1) is 22.6. The minimum Gasteiger partial charge on any atom is -0.490 e. The van der Waals surface area contributed by atoms with Gasteiger partial charge in [0.2, 0.25) is 5.82 Å². The van der Waals surface area contributed by atoms with Gasteiger partial charge in [0.05, 0.1) is 13.2 Å². The lowest BCUT2D eigenvalue weighted by molar-refractivity contribution is -0.164. The van der Waals surface area contributed by atoms with E-state index in [4.69, 9.17) is 14.2 Å². The maximum Gasteiger partial charge on any atom is 0.201 e. The van der Waals surface area contributed by atoms with Gasteiger partial charge in [-0.05, 0) is 55.5 Å². The fourth-order valence-corrected chi connectivity index (χ4v) is 3.72. The van der Waals surface area contributed by atoms with Crippen molar-refractivity contribution in [3.05, 3.63) is 53.3 Å². The molecule has 3 rings (SSSR count). The quantitative estimate of drug-likeness (QED) is 0.426. The smallest absolute Gasteiger partial charge is 0.201 e. The summed E-state index contributed by atoms with van der Waals surface area (Å²) in [7, 11) is 0. The Kier molecular flexibility index (Phi) is 8.16. The van der Waals surface area contributed by atoms with E-state index in [0.717, 1.165) is 25.7 Å². The molecule has 2 aromatic rings. The second-order valence-electron chi connectivity index (χ2n) is 7.52. The van der Waals surface area contributed by atoms with Crippen LogP contribution in [0, 0.1) is 17.5 Å². The number of ether oxygens (including phenoxy) is 3. The van der Waals surface area contributed by atoms with Gasteiger partial charge in [0.25, 0.3) is 0 Å². The van der Waals surface area contributed by atoms with Gasteiger partial charge in [-0.25, -0.2) is 8.78 Å². The summed E-state index contributed by atoms with van der Waals surface area (Å²) in [6.45, 7) is 5.23. The molecule has 2 unspecified atom stereocenters. The third kappa shape index (κ3) is 5.35. The molecular weight excluding hydrogens is 393 g/mol. The minimum atomic E-state index is -1.05. The zero-order valence-electron chi connectivity index (χ0n) is 17.6. The lowest BCUT2D eigenvalue weighted by Crippen LogP contribution is -2.27. The molecule has 1 heterocycles.